The van der Waals surface area contributed by atoms with Crippen LogP contribution < -0.4 is 0 Å². The highest BCUT2D eigenvalue weighted by Crippen LogP contribution is 2.31. The summed E-state index contributed by atoms with van der Waals surface area (Å²) >= 11 is 0. The fraction of sp³-hybridized carbons (Fsp3) is 0.238. The van der Waals surface area contributed by atoms with Crippen molar-refractivity contribution in [2.45, 2.75) is 33.6 Å². The zero-order valence-corrected chi connectivity index (χ0v) is 13.3. The van der Waals surface area contributed by atoms with Gasteiger partial charge in [0.25, 0.3) is 0 Å². The second-order valence-corrected chi connectivity index (χ2v) is 6.32. The van der Waals surface area contributed by atoms with Gasteiger partial charge in [-0.3, -0.25) is 0 Å². The third-order valence-electron chi connectivity index (χ3n) is 4.10. The molecule has 0 unspecified atom stereocenters. The molecule has 21 heavy (non-hydrogen) atoms. The lowest BCUT2D eigenvalue weighted by molar-refractivity contribution is 0.869. The first-order valence-electron chi connectivity index (χ1n) is 7.66. The van der Waals surface area contributed by atoms with E-state index in [1.165, 1.54) is 38.6 Å². The van der Waals surface area contributed by atoms with Crippen LogP contribution >= 0.6 is 0 Å². The van der Waals surface area contributed by atoms with Gasteiger partial charge in [-0.25, -0.2) is 0 Å². The number of rotatable bonds is 2. The SMILES string of the molecule is Cc1cc(C)cc(-c2cccc3cc(C(C)C)ccc23)c1. The molecule has 0 heteroatoms. The Morgan fingerprint density at radius 2 is 1.48 bits per heavy atom. The van der Waals surface area contributed by atoms with Crippen LogP contribution in [0.25, 0.3) is 21.9 Å². The predicted molar refractivity (Wildman–Crippen MR) is 92.9 cm³/mol. The van der Waals surface area contributed by atoms with Crippen molar-refractivity contribution in [2.75, 3.05) is 0 Å². The fourth-order valence-electron chi connectivity index (χ4n) is 3.04. The quantitative estimate of drug-likeness (QED) is 0.518. The summed E-state index contributed by atoms with van der Waals surface area (Å²) in [5.74, 6) is 0.569. The van der Waals surface area contributed by atoms with Crippen LogP contribution in [-0.2, 0) is 0 Å². The largest absolute Gasteiger partial charge is 0.0610 e. The maximum atomic E-state index is 2.33. The average molecular weight is 274 g/mol. The van der Waals surface area contributed by atoms with E-state index in [9.17, 15) is 0 Å². The third-order valence-corrected chi connectivity index (χ3v) is 4.10. The Hall–Kier alpha value is -2.08. The molecule has 3 rings (SSSR count). The molecule has 3 aromatic rings. The van der Waals surface area contributed by atoms with Crippen molar-refractivity contribution >= 4 is 10.8 Å². The monoisotopic (exact) mass is 274 g/mol. The van der Waals surface area contributed by atoms with Gasteiger partial charge in [-0.2, -0.15) is 0 Å². The highest BCUT2D eigenvalue weighted by molar-refractivity contribution is 5.97. The summed E-state index contributed by atoms with van der Waals surface area (Å²) < 4.78 is 0. The summed E-state index contributed by atoms with van der Waals surface area (Å²) in [5.41, 5.74) is 6.69. The topological polar surface area (TPSA) is 0 Å². The maximum absolute atomic E-state index is 2.33. The normalized spacial score (nSPS) is 11.3. The van der Waals surface area contributed by atoms with E-state index in [-0.39, 0.29) is 0 Å². The van der Waals surface area contributed by atoms with Crippen LogP contribution in [0.3, 0.4) is 0 Å². The molecule has 0 saturated carbocycles. The third kappa shape index (κ3) is 2.71. The van der Waals surface area contributed by atoms with E-state index in [0.29, 0.717) is 5.92 Å². The molecule has 3 aromatic carbocycles. The van der Waals surface area contributed by atoms with Gasteiger partial charge in [0.2, 0.25) is 0 Å². The van der Waals surface area contributed by atoms with E-state index in [1.54, 1.807) is 0 Å². The molecule has 106 valence electrons. The van der Waals surface area contributed by atoms with Crippen LogP contribution in [0.2, 0.25) is 0 Å². The molecule has 0 saturated heterocycles. The Balaban J connectivity index is 2.23. The van der Waals surface area contributed by atoms with Gasteiger partial charge in [0.1, 0.15) is 0 Å². The summed E-state index contributed by atoms with van der Waals surface area (Å²) in [6, 6.07) is 20.3. The fourth-order valence-corrected chi connectivity index (χ4v) is 3.04. The van der Waals surface area contributed by atoms with E-state index in [1.807, 2.05) is 0 Å². The second kappa shape index (κ2) is 5.37. The number of hydrogen-bond acceptors (Lipinski definition) is 0. The van der Waals surface area contributed by atoms with Gasteiger partial charge in [-0.1, -0.05) is 79.6 Å². The maximum Gasteiger partial charge on any atom is -0.0105 e. The van der Waals surface area contributed by atoms with Crippen LogP contribution in [-0.4, -0.2) is 0 Å². The van der Waals surface area contributed by atoms with Gasteiger partial charge in [-0.15, -0.1) is 0 Å². The summed E-state index contributed by atoms with van der Waals surface area (Å²) in [6.07, 6.45) is 0. The Bertz CT molecular complexity index is 774. The summed E-state index contributed by atoms with van der Waals surface area (Å²) in [7, 11) is 0. The van der Waals surface area contributed by atoms with Crippen molar-refractivity contribution in [3.8, 4) is 11.1 Å². The first-order chi connectivity index (χ1) is 10.0. The van der Waals surface area contributed by atoms with Crippen molar-refractivity contribution in [3.63, 3.8) is 0 Å². The van der Waals surface area contributed by atoms with Crippen molar-refractivity contribution in [3.05, 3.63) is 71.3 Å². The first-order valence-corrected chi connectivity index (χ1v) is 7.66. The zero-order valence-electron chi connectivity index (χ0n) is 13.3. The summed E-state index contributed by atoms with van der Waals surface area (Å²) in [6.45, 7) is 8.82. The van der Waals surface area contributed by atoms with E-state index < -0.39 is 0 Å². The molecule has 0 aliphatic rings. The minimum Gasteiger partial charge on any atom is -0.0610 e. The Morgan fingerprint density at radius 1 is 0.762 bits per heavy atom. The smallest absolute Gasteiger partial charge is 0.0105 e. The van der Waals surface area contributed by atoms with Crippen molar-refractivity contribution in [1.29, 1.82) is 0 Å². The predicted octanol–water partition coefficient (Wildman–Crippen LogP) is 6.25. The van der Waals surface area contributed by atoms with Gasteiger partial charge >= 0.3 is 0 Å². The van der Waals surface area contributed by atoms with Crippen LogP contribution in [0.5, 0.6) is 0 Å². The lowest BCUT2D eigenvalue weighted by Crippen LogP contribution is -1.89. The van der Waals surface area contributed by atoms with Crippen LogP contribution in [0.4, 0.5) is 0 Å². The summed E-state index contributed by atoms with van der Waals surface area (Å²) in [5, 5.41) is 2.67. The highest BCUT2D eigenvalue weighted by Gasteiger charge is 2.07. The van der Waals surface area contributed by atoms with Gasteiger partial charge < -0.3 is 0 Å². The van der Waals surface area contributed by atoms with E-state index in [2.05, 4.69) is 82.3 Å². The average Bonchev–Trinajstić information content (AvgIpc) is 2.45. The molecule has 0 aliphatic heterocycles. The second-order valence-electron chi connectivity index (χ2n) is 6.32. The van der Waals surface area contributed by atoms with Crippen molar-refractivity contribution in [1.82, 2.24) is 0 Å². The van der Waals surface area contributed by atoms with Gasteiger partial charge in [0, 0.05) is 0 Å². The first kappa shape index (κ1) is 13.9. The molecule has 0 radical (unpaired) electrons. The highest BCUT2D eigenvalue weighted by atomic mass is 14.1. The van der Waals surface area contributed by atoms with Crippen LogP contribution in [0.15, 0.2) is 54.6 Å². The lowest BCUT2D eigenvalue weighted by Gasteiger charge is -2.12. The molecule has 0 N–H and O–H groups in total. The molecule has 0 aromatic heterocycles. The Kier molecular flexibility index (Phi) is 3.55. The summed E-state index contributed by atoms with van der Waals surface area (Å²) in [4.78, 5) is 0. The molecule has 0 amide bonds. The van der Waals surface area contributed by atoms with Crippen LogP contribution in [0.1, 0.15) is 36.5 Å². The molecular formula is C21H22. The van der Waals surface area contributed by atoms with Gasteiger partial charge in [0.15, 0.2) is 0 Å². The molecule has 0 spiro atoms. The zero-order chi connectivity index (χ0) is 15.0. The molecule has 0 fully saturated rings. The minimum atomic E-state index is 0.569. The molecule has 0 heterocycles. The van der Waals surface area contributed by atoms with E-state index in [4.69, 9.17) is 0 Å². The number of hydrogen-bond donors (Lipinski definition) is 0. The van der Waals surface area contributed by atoms with Gasteiger partial charge in [0.05, 0.1) is 0 Å². The van der Waals surface area contributed by atoms with E-state index in [0.717, 1.165) is 0 Å². The lowest BCUT2D eigenvalue weighted by atomic mass is 9.93. The molecule has 0 bridgehead atoms. The number of benzene rings is 3. The minimum absolute atomic E-state index is 0.569. The molecule has 0 aliphatic carbocycles. The molecule has 0 atom stereocenters. The standard InChI is InChI=1S/C21H22/c1-14(2)17-8-9-21-18(13-17)6-5-7-20(21)19-11-15(3)10-16(4)12-19/h5-14H,1-4H3. The molecular weight excluding hydrogens is 252 g/mol. The van der Waals surface area contributed by atoms with Crippen LogP contribution in [0, 0.1) is 13.8 Å². The van der Waals surface area contributed by atoms with Gasteiger partial charge in [-0.05, 0) is 47.2 Å². The Labute approximate surface area is 127 Å². The number of aryl methyl sites for hydroxylation is 2. The van der Waals surface area contributed by atoms with Crippen molar-refractivity contribution < 1.29 is 0 Å². The van der Waals surface area contributed by atoms with Crippen molar-refractivity contribution in [2.24, 2.45) is 0 Å². The molecule has 0 nitrogen and oxygen atoms in total. The Morgan fingerprint density at radius 3 is 2.14 bits per heavy atom. The number of fused-ring (bicyclic) bond motifs is 1. The van der Waals surface area contributed by atoms with E-state index >= 15 is 0 Å².